The van der Waals surface area contributed by atoms with Crippen molar-refractivity contribution in [2.24, 2.45) is 0 Å². The van der Waals surface area contributed by atoms with Crippen LogP contribution in [0.2, 0.25) is 0 Å². The zero-order valence-electron chi connectivity index (χ0n) is 19.2. The maximum Gasteiger partial charge on any atom is 0.261 e. The molecule has 0 radical (unpaired) electrons. The van der Waals surface area contributed by atoms with Crippen LogP contribution in [-0.2, 0) is 10.0 Å². The molecule has 0 aliphatic rings. The molecule has 2 N–H and O–H groups in total. The van der Waals surface area contributed by atoms with E-state index in [0.29, 0.717) is 28.8 Å². The first-order valence-corrected chi connectivity index (χ1v) is 12.3. The van der Waals surface area contributed by atoms with Crippen molar-refractivity contribution in [2.75, 3.05) is 4.72 Å². The number of ether oxygens (including phenoxy) is 1. The lowest BCUT2D eigenvalue weighted by molar-refractivity contribution is 0.0939. The third-order valence-corrected chi connectivity index (χ3v) is 6.57. The maximum atomic E-state index is 12.6. The van der Waals surface area contributed by atoms with Crippen LogP contribution in [0.25, 0.3) is 0 Å². The number of nitrogens with zero attached hydrogens (tertiary/aromatic N) is 1. The smallest absolute Gasteiger partial charge is 0.261 e. The van der Waals surface area contributed by atoms with E-state index in [4.69, 9.17) is 4.74 Å². The molecule has 0 saturated carbocycles. The Morgan fingerprint density at radius 3 is 2.18 bits per heavy atom. The Balaban J connectivity index is 1.62. The van der Waals surface area contributed by atoms with E-state index in [0.717, 1.165) is 12.0 Å². The van der Waals surface area contributed by atoms with Crippen LogP contribution in [0.3, 0.4) is 0 Å². The highest BCUT2D eigenvalue weighted by atomic mass is 32.2. The van der Waals surface area contributed by atoms with E-state index in [2.05, 4.69) is 28.9 Å². The number of hydrogen-bond acceptors (Lipinski definition) is 5. The molecule has 1 amide bonds. The van der Waals surface area contributed by atoms with Gasteiger partial charge < -0.3 is 10.1 Å². The van der Waals surface area contributed by atoms with Gasteiger partial charge in [-0.1, -0.05) is 32.9 Å². The Labute approximate surface area is 195 Å². The van der Waals surface area contributed by atoms with Crippen LogP contribution in [0.5, 0.6) is 11.6 Å². The summed E-state index contributed by atoms with van der Waals surface area (Å²) >= 11 is 0. The van der Waals surface area contributed by atoms with Gasteiger partial charge in [-0.05, 0) is 67.3 Å². The number of pyridine rings is 1. The number of aromatic nitrogens is 1. The van der Waals surface area contributed by atoms with Gasteiger partial charge in [0, 0.05) is 24.0 Å². The molecule has 33 heavy (non-hydrogen) atoms. The van der Waals surface area contributed by atoms with Crippen LogP contribution in [0.4, 0.5) is 5.69 Å². The number of hydrogen-bond donors (Lipinski definition) is 2. The van der Waals surface area contributed by atoms with Crippen LogP contribution >= 0.6 is 0 Å². The van der Waals surface area contributed by atoms with Crippen molar-refractivity contribution in [3.05, 3.63) is 78.0 Å². The SMILES string of the molecule is CCC(C)NC(=O)c1ccc(Oc2ccc(NS(=O)(=O)c3ccc(C(C)C)cc3)cc2)nc1. The Bertz CT molecular complexity index is 1170. The van der Waals surface area contributed by atoms with E-state index >= 15 is 0 Å². The van der Waals surface area contributed by atoms with Gasteiger partial charge in [-0.15, -0.1) is 0 Å². The zero-order valence-corrected chi connectivity index (χ0v) is 20.0. The summed E-state index contributed by atoms with van der Waals surface area (Å²) in [5.41, 5.74) is 1.95. The first-order chi connectivity index (χ1) is 15.7. The molecule has 2 aromatic carbocycles. The molecule has 0 fully saturated rings. The van der Waals surface area contributed by atoms with E-state index in [9.17, 15) is 13.2 Å². The molecular weight excluding hydrogens is 438 g/mol. The number of carbonyl (C=O) groups is 1. The summed E-state index contributed by atoms with van der Waals surface area (Å²) in [5, 5.41) is 2.88. The molecule has 1 aromatic heterocycles. The van der Waals surface area contributed by atoms with Crippen LogP contribution in [0.15, 0.2) is 71.8 Å². The lowest BCUT2D eigenvalue weighted by Crippen LogP contribution is -2.31. The highest BCUT2D eigenvalue weighted by molar-refractivity contribution is 7.92. The van der Waals surface area contributed by atoms with Crippen LogP contribution in [-0.4, -0.2) is 25.4 Å². The molecule has 8 heteroatoms. The molecule has 3 rings (SSSR count). The summed E-state index contributed by atoms with van der Waals surface area (Å²) in [6.07, 6.45) is 2.30. The lowest BCUT2D eigenvalue weighted by Gasteiger charge is -2.12. The Hall–Kier alpha value is -3.39. The molecule has 0 saturated heterocycles. The predicted octanol–water partition coefficient (Wildman–Crippen LogP) is 5.33. The molecule has 0 aliphatic heterocycles. The van der Waals surface area contributed by atoms with Crippen LogP contribution < -0.4 is 14.8 Å². The highest BCUT2D eigenvalue weighted by Crippen LogP contribution is 2.24. The Kier molecular flexibility index (Phi) is 7.71. The van der Waals surface area contributed by atoms with Gasteiger partial charge in [-0.3, -0.25) is 9.52 Å². The Morgan fingerprint density at radius 1 is 0.970 bits per heavy atom. The van der Waals surface area contributed by atoms with E-state index in [1.165, 1.54) is 6.20 Å². The average Bonchev–Trinajstić information content (AvgIpc) is 2.80. The lowest BCUT2D eigenvalue weighted by atomic mass is 10.0. The van der Waals surface area contributed by atoms with Crippen molar-refractivity contribution >= 4 is 21.6 Å². The number of sulfonamides is 1. The van der Waals surface area contributed by atoms with E-state index < -0.39 is 10.0 Å². The molecule has 0 spiro atoms. The van der Waals surface area contributed by atoms with Crippen LogP contribution in [0, 0.1) is 0 Å². The van der Waals surface area contributed by atoms with Crippen molar-refractivity contribution in [1.29, 1.82) is 0 Å². The second-order valence-corrected chi connectivity index (χ2v) is 9.81. The third kappa shape index (κ3) is 6.55. The highest BCUT2D eigenvalue weighted by Gasteiger charge is 2.15. The second kappa shape index (κ2) is 10.5. The van der Waals surface area contributed by atoms with Crippen molar-refractivity contribution in [1.82, 2.24) is 10.3 Å². The standard InChI is InChI=1S/C25H29N3O4S/c1-5-18(4)27-25(29)20-8-15-24(26-16-20)32-22-11-9-21(10-12-22)28-33(30,31)23-13-6-19(7-14-23)17(2)3/h6-18,28H,5H2,1-4H3,(H,27,29). The van der Waals surface area contributed by atoms with E-state index in [-0.39, 0.29) is 16.8 Å². The van der Waals surface area contributed by atoms with Gasteiger partial charge in [0.2, 0.25) is 5.88 Å². The van der Waals surface area contributed by atoms with Gasteiger partial charge in [0.15, 0.2) is 0 Å². The zero-order chi connectivity index (χ0) is 24.0. The van der Waals surface area contributed by atoms with Gasteiger partial charge in [0.05, 0.1) is 10.5 Å². The minimum Gasteiger partial charge on any atom is -0.439 e. The number of carbonyl (C=O) groups excluding carboxylic acids is 1. The maximum absolute atomic E-state index is 12.6. The summed E-state index contributed by atoms with van der Waals surface area (Å²) in [5.74, 6) is 0.964. The summed E-state index contributed by atoms with van der Waals surface area (Å²) in [4.78, 5) is 16.5. The van der Waals surface area contributed by atoms with Crippen molar-refractivity contribution in [2.45, 2.75) is 51.0 Å². The number of anilines is 1. The molecular formula is C25H29N3O4S. The molecule has 0 bridgehead atoms. The van der Waals surface area contributed by atoms with Gasteiger partial charge in [0.25, 0.3) is 15.9 Å². The van der Waals surface area contributed by atoms with E-state index in [1.54, 1.807) is 48.5 Å². The van der Waals surface area contributed by atoms with Gasteiger partial charge in [-0.25, -0.2) is 13.4 Å². The third-order valence-electron chi connectivity index (χ3n) is 5.17. The average molecular weight is 468 g/mol. The summed E-state index contributed by atoms with van der Waals surface area (Å²) in [7, 11) is -3.69. The molecule has 1 atom stereocenters. The first kappa shape index (κ1) is 24.3. The second-order valence-electron chi connectivity index (χ2n) is 8.12. The molecule has 174 valence electrons. The monoisotopic (exact) mass is 467 g/mol. The summed E-state index contributed by atoms with van der Waals surface area (Å²) in [6.45, 7) is 8.05. The predicted molar refractivity (Wildman–Crippen MR) is 129 cm³/mol. The van der Waals surface area contributed by atoms with Gasteiger partial charge in [0.1, 0.15) is 5.75 Å². The van der Waals surface area contributed by atoms with E-state index in [1.807, 2.05) is 26.0 Å². The Morgan fingerprint density at radius 2 is 1.64 bits per heavy atom. The van der Waals surface area contributed by atoms with Crippen LogP contribution in [0.1, 0.15) is 56.0 Å². The largest absolute Gasteiger partial charge is 0.439 e. The molecule has 3 aromatic rings. The number of rotatable bonds is 9. The minimum atomic E-state index is -3.69. The van der Waals surface area contributed by atoms with Crippen molar-refractivity contribution in [3.63, 3.8) is 0 Å². The number of nitrogens with one attached hydrogen (secondary N) is 2. The number of amides is 1. The molecule has 7 nitrogen and oxygen atoms in total. The topological polar surface area (TPSA) is 97.4 Å². The van der Waals surface area contributed by atoms with Gasteiger partial charge >= 0.3 is 0 Å². The number of benzene rings is 2. The summed E-state index contributed by atoms with van der Waals surface area (Å²) < 4.78 is 33.6. The molecule has 1 unspecified atom stereocenters. The fraction of sp³-hybridized carbons (Fsp3) is 0.280. The fourth-order valence-corrected chi connectivity index (χ4v) is 4.00. The minimum absolute atomic E-state index is 0.0868. The molecule has 0 aliphatic carbocycles. The quantitative estimate of drug-likeness (QED) is 0.443. The van der Waals surface area contributed by atoms with Crippen molar-refractivity contribution < 1.29 is 17.9 Å². The first-order valence-electron chi connectivity index (χ1n) is 10.9. The fourth-order valence-electron chi connectivity index (χ4n) is 2.94. The normalized spacial score (nSPS) is 12.3. The molecule has 1 heterocycles. The summed E-state index contributed by atoms with van der Waals surface area (Å²) in [6, 6.07) is 16.7. The van der Waals surface area contributed by atoms with Crippen molar-refractivity contribution in [3.8, 4) is 11.6 Å². The van der Waals surface area contributed by atoms with Gasteiger partial charge in [-0.2, -0.15) is 0 Å².